The number of phenolic OH excluding ortho intramolecular Hbond substituents is 2. The highest BCUT2D eigenvalue weighted by Gasteiger charge is 2.19. The van der Waals surface area contributed by atoms with Crippen LogP contribution in [0.3, 0.4) is 0 Å². The van der Waals surface area contributed by atoms with Gasteiger partial charge in [0, 0.05) is 17.0 Å². The summed E-state index contributed by atoms with van der Waals surface area (Å²) in [6.07, 6.45) is 23.9. The molecule has 0 fully saturated rings. The molecule has 0 heterocycles. The molecule has 0 aliphatic carbocycles. The van der Waals surface area contributed by atoms with Gasteiger partial charge in [0.1, 0.15) is 11.5 Å². The number of phenols is 2. The molecule has 0 radical (unpaired) electrons. The Kier molecular flexibility index (Phi) is 17.2. The summed E-state index contributed by atoms with van der Waals surface area (Å²) in [5, 5.41) is 22.4. The number of unbranched alkanes of at least 4 members (excludes halogenated alkanes) is 15. The summed E-state index contributed by atoms with van der Waals surface area (Å²) in [6.45, 7) is -0.143. The first-order valence-corrected chi connectivity index (χ1v) is 19.8. The van der Waals surface area contributed by atoms with Gasteiger partial charge in [0.15, 0.2) is 0 Å². The fraction of sp³-hybridized carbons (Fsp3) is 0.514. The molecule has 0 aromatic heterocycles. The maximum absolute atomic E-state index is 10.4. The average molecular weight is 640 g/mol. The molecule has 2 nitrogen and oxygen atoms in total. The smallest absolute Gasteiger partial charge is 0.119 e. The molecule has 0 saturated carbocycles. The van der Waals surface area contributed by atoms with Crippen molar-refractivity contribution in [1.29, 1.82) is 0 Å². The first kappa shape index (κ1) is 33.7. The fourth-order valence-corrected chi connectivity index (χ4v) is 8.55. The lowest BCUT2D eigenvalue weighted by atomic mass is 9.85. The topological polar surface area (TPSA) is 40.5 Å². The van der Waals surface area contributed by atoms with E-state index in [-0.39, 0.29) is 12.5 Å². The molecule has 0 aliphatic heterocycles. The van der Waals surface area contributed by atoms with Crippen molar-refractivity contribution in [2.45, 2.75) is 115 Å². The highest BCUT2D eigenvalue weighted by molar-refractivity contribution is 9.40. The molecule has 0 bridgehead atoms. The number of rotatable bonds is 22. The zero-order valence-electron chi connectivity index (χ0n) is 25.0. The lowest BCUT2D eigenvalue weighted by Crippen LogP contribution is -2.02. The van der Waals surface area contributed by atoms with Crippen LogP contribution in [0.2, 0.25) is 0 Å². The summed E-state index contributed by atoms with van der Waals surface area (Å²) in [5.74, 6) is 0.671. The normalized spacial score (nSPS) is 12.1. The van der Waals surface area contributed by atoms with E-state index in [1.165, 1.54) is 108 Å². The minimum atomic E-state index is -0.143. The quantitative estimate of drug-likeness (QED) is 0.0848. The van der Waals surface area contributed by atoms with Crippen LogP contribution in [0.1, 0.15) is 126 Å². The molecule has 3 rings (SSSR count). The zero-order valence-corrected chi connectivity index (χ0v) is 27.5. The van der Waals surface area contributed by atoms with Gasteiger partial charge < -0.3 is 10.2 Å². The minimum absolute atomic E-state index is 0.0324. The average Bonchev–Trinajstić information content (AvgIpc) is 3.00. The molecule has 0 spiro atoms. The van der Waals surface area contributed by atoms with Crippen molar-refractivity contribution in [3.63, 3.8) is 0 Å². The second kappa shape index (κ2) is 21.0. The Morgan fingerprint density at radius 1 is 0.463 bits per heavy atom. The maximum Gasteiger partial charge on any atom is 0.119 e. The highest BCUT2D eigenvalue weighted by atomic mass is 79.9. The third-order valence-corrected chi connectivity index (χ3v) is 12.1. The standard InChI is InChI=1S/C37H52BrO2P/c38-41(32-24-16-15-17-25-32)31-23-14-12-10-8-6-4-2-1-3-5-7-9-11-13-18-26-33(34-27-19-21-29-36(34)39)35-28-20-22-30-37(35)40/h15-17,19-22,24-25,27-30,33,39-40H,1-14,18,23,26,31H2. The first-order valence-electron chi connectivity index (χ1n) is 16.2. The summed E-state index contributed by atoms with van der Waals surface area (Å²) >= 11 is 3.91. The van der Waals surface area contributed by atoms with Crippen LogP contribution in [0, 0.1) is 0 Å². The van der Waals surface area contributed by atoms with Crippen molar-refractivity contribution in [3.8, 4) is 11.5 Å². The third kappa shape index (κ3) is 13.3. The zero-order chi connectivity index (χ0) is 29.0. The van der Waals surface area contributed by atoms with Crippen LogP contribution >= 0.6 is 22.1 Å². The highest BCUT2D eigenvalue weighted by Crippen LogP contribution is 2.43. The van der Waals surface area contributed by atoms with E-state index >= 15 is 0 Å². The molecule has 0 amide bonds. The predicted molar refractivity (Wildman–Crippen MR) is 183 cm³/mol. The van der Waals surface area contributed by atoms with Crippen LogP contribution in [-0.4, -0.2) is 16.4 Å². The monoisotopic (exact) mass is 638 g/mol. The lowest BCUT2D eigenvalue weighted by molar-refractivity contribution is 0.447. The van der Waals surface area contributed by atoms with Crippen molar-refractivity contribution in [1.82, 2.24) is 0 Å². The second-order valence-corrected chi connectivity index (χ2v) is 15.8. The van der Waals surface area contributed by atoms with Gasteiger partial charge in [0.2, 0.25) is 0 Å². The van der Waals surface area contributed by atoms with E-state index in [2.05, 4.69) is 45.8 Å². The number of aromatic hydroxyl groups is 2. The van der Waals surface area contributed by atoms with Gasteiger partial charge in [0.05, 0.1) is 0 Å². The summed E-state index contributed by atoms with van der Waals surface area (Å²) in [6, 6.07) is 26.0. The van der Waals surface area contributed by atoms with E-state index in [1.54, 1.807) is 12.1 Å². The van der Waals surface area contributed by atoms with Crippen LogP contribution in [0.25, 0.3) is 0 Å². The molecule has 0 saturated heterocycles. The number of hydrogen-bond donors (Lipinski definition) is 2. The van der Waals surface area contributed by atoms with E-state index in [1.807, 2.05) is 36.4 Å². The van der Waals surface area contributed by atoms with E-state index in [9.17, 15) is 10.2 Å². The third-order valence-electron chi connectivity index (χ3n) is 8.26. The molecule has 3 aromatic rings. The van der Waals surface area contributed by atoms with Crippen molar-refractivity contribution >= 4 is 27.4 Å². The molecular weight excluding hydrogens is 587 g/mol. The Hall–Kier alpha value is -1.83. The van der Waals surface area contributed by atoms with Crippen LogP contribution in [0.15, 0.2) is 78.9 Å². The Labute approximate surface area is 259 Å². The van der Waals surface area contributed by atoms with Gasteiger partial charge in [-0.25, -0.2) is 0 Å². The van der Waals surface area contributed by atoms with Crippen LogP contribution in [0.4, 0.5) is 0 Å². The van der Waals surface area contributed by atoms with Gasteiger partial charge in [-0.15, -0.1) is 0 Å². The van der Waals surface area contributed by atoms with Crippen molar-refractivity contribution in [2.24, 2.45) is 0 Å². The lowest BCUT2D eigenvalue weighted by Gasteiger charge is -2.20. The van der Waals surface area contributed by atoms with E-state index < -0.39 is 0 Å². The van der Waals surface area contributed by atoms with Crippen LogP contribution in [-0.2, 0) is 0 Å². The van der Waals surface area contributed by atoms with Gasteiger partial charge in [-0.1, -0.05) is 179 Å². The number of benzene rings is 3. The molecule has 3 aromatic carbocycles. The minimum Gasteiger partial charge on any atom is -0.508 e. The molecule has 1 atom stereocenters. The van der Waals surface area contributed by atoms with E-state index in [4.69, 9.17) is 0 Å². The largest absolute Gasteiger partial charge is 0.508 e. The van der Waals surface area contributed by atoms with Gasteiger partial charge in [-0.3, -0.25) is 0 Å². The fourth-order valence-electron chi connectivity index (χ4n) is 5.84. The van der Waals surface area contributed by atoms with Crippen LogP contribution in [0.5, 0.6) is 11.5 Å². The summed E-state index contributed by atoms with van der Waals surface area (Å²) < 4.78 is 0. The van der Waals surface area contributed by atoms with E-state index in [0.717, 1.165) is 24.0 Å². The molecule has 2 N–H and O–H groups in total. The maximum atomic E-state index is 10.4. The van der Waals surface area contributed by atoms with Gasteiger partial charge in [0.25, 0.3) is 0 Å². The van der Waals surface area contributed by atoms with Crippen LogP contribution < -0.4 is 5.30 Å². The Bertz CT molecular complexity index is 1030. The van der Waals surface area contributed by atoms with E-state index in [0.29, 0.717) is 11.5 Å². The molecule has 0 aliphatic rings. The van der Waals surface area contributed by atoms with Gasteiger partial charge in [-0.2, -0.15) is 0 Å². The molecular formula is C37H52BrO2P. The molecule has 41 heavy (non-hydrogen) atoms. The number of hydrogen-bond acceptors (Lipinski definition) is 2. The van der Waals surface area contributed by atoms with Gasteiger partial charge in [-0.05, 0) is 43.1 Å². The predicted octanol–water partition coefficient (Wildman–Crippen LogP) is 12.0. The Balaban J connectivity index is 1.12. The SMILES string of the molecule is Oc1ccccc1C(CCCCCCCCCCCCCCCCCCP(Br)c1ccccc1)c1ccccc1O. The molecule has 224 valence electrons. The summed E-state index contributed by atoms with van der Waals surface area (Å²) in [4.78, 5) is 0. The van der Waals surface area contributed by atoms with Crippen molar-refractivity contribution < 1.29 is 10.2 Å². The Morgan fingerprint density at radius 3 is 1.27 bits per heavy atom. The van der Waals surface area contributed by atoms with Gasteiger partial charge >= 0.3 is 0 Å². The Morgan fingerprint density at radius 2 is 0.829 bits per heavy atom. The number of halogens is 1. The summed E-state index contributed by atoms with van der Waals surface area (Å²) in [5.41, 5.74) is 1.83. The first-order chi connectivity index (χ1) is 20.2. The second-order valence-electron chi connectivity index (χ2n) is 11.5. The number of para-hydroxylation sites is 2. The van der Waals surface area contributed by atoms with Crippen molar-refractivity contribution in [2.75, 3.05) is 6.16 Å². The van der Waals surface area contributed by atoms with Crippen molar-refractivity contribution in [3.05, 3.63) is 90.0 Å². The molecule has 4 heteroatoms. The molecule has 1 unspecified atom stereocenters. The summed E-state index contributed by atoms with van der Waals surface area (Å²) in [7, 11) is 0.